The van der Waals surface area contributed by atoms with Crippen LogP contribution in [-0.4, -0.2) is 26.2 Å². The normalized spacial score (nSPS) is 13.3. The Balaban J connectivity index is 1.99. The lowest BCUT2D eigenvalue weighted by Gasteiger charge is -2.32. The summed E-state index contributed by atoms with van der Waals surface area (Å²) in [6.07, 6.45) is 0. The van der Waals surface area contributed by atoms with Crippen molar-refractivity contribution >= 4 is 23.3 Å². The number of carbonyl (C=O) groups excluding carboxylic acids is 1. The second kappa shape index (κ2) is 6.28. The first-order chi connectivity index (χ1) is 10.7. The van der Waals surface area contributed by atoms with Crippen molar-refractivity contribution < 1.29 is 14.3 Å². The molecule has 0 aliphatic carbocycles. The third-order valence-corrected chi connectivity index (χ3v) is 3.82. The van der Waals surface area contributed by atoms with E-state index in [9.17, 15) is 4.79 Å². The van der Waals surface area contributed by atoms with Crippen LogP contribution in [0.15, 0.2) is 42.5 Å². The van der Waals surface area contributed by atoms with E-state index < -0.39 is 5.97 Å². The average molecular weight is 318 g/mol. The number of anilines is 1. The molecular formula is C17H16ClNO3. The summed E-state index contributed by atoms with van der Waals surface area (Å²) in [6.45, 7) is 1.99. The van der Waals surface area contributed by atoms with E-state index in [0.29, 0.717) is 22.9 Å². The third-order valence-electron chi connectivity index (χ3n) is 3.60. The zero-order valence-corrected chi connectivity index (χ0v) is 13.0. The molecule has 0 radical (unpaired) electrons. The quantitative estimate of drug-likeness (QED) is 0.812. The highest BCUT2D eigenvalue weighted by Gasteiger charge is 2.25. The van der Waals surface area contributed by atoms with Gasteiger partial charge in [-0.3, -0.25) is 0 Å². The fraction of sp³-hybridized carbons (Fsp3) is 0.235. The molecule has 4 nitrogen and oxygen atoms in total. The fourth-order valence-electron chi connectivity index (χ4n) is 2.57. The summed E-state index contributed by atoms with van der Waals surface area (Å²) in [5, 5.41) is 0.489. The number of methoxy groups -OCH3 is 1. The Hall–Kier alpha value is -2.20. The van der Waals surface area contributed by atoms with Gasteiger partial charge in [-0.25, -0.2) is 4.79 Å². The van der Waals surface area contributed by atoms with Crippen LogP contribution in [0.4, 0.5) is 5.69 Å². The number of fused-ring (bicyclic) bond motifs is 1. The lowest BCUT2D eigenvalue weighted by molar-refractivity contribution is 0.0595. The number of esters is 1. The van der Waals surface area contributed by atoms with Crippen LogP contribution in [0.2, 0.25) is 5.02 Å². The molecule has 0 unspecified atom stereocenters. The van der Waals surface area contributed by atoms with Crippen LogP contribution < -0.4 is 9.64 Å². The molecular weight excluding hydrogens is 302 g/mol. The van der Waals surface area contributed by atoms with Crippen LogP contribution >= 0.6 is 11.6 Å². The maximum absolute atomic E-state index is 11.9. The monoisotopic (exact) mass is 317 g/mol. The van der Waals surface area contributed by atoms with Gasteiger partial charge in [0.25, 0.3) is 0 Å². The van der Waals surface area contributed by atoms with Crippen LogP contribution in [0.3, 0.4) is 0 Å². The number of rotatable bonds is 3. The lowest BCUT2D eigenvalue weighted by atomic mass is 10.1. The molecule has 1 aliphatic heterocycles. The standard InChI is InChI=1S/C17H16ClNO3/c1-21-17(20)14-9-13(18)10-15-16(14)22-8-7-19(15)11-12-5-3-2-4-6-12/h2-6,9-10H,7-8,11H2,1H3. The van der Waals surface area contributed by atoms with Crippen molar-refractivity contribution in [1.82, 2.24) is 0 Å². The summed E-state index contributed by atoms with van der Waals surface area (Å²) in [7, 11) is 1.35. The van der Waals surface area contributed by atoms with Gasteiger partial charge in [-0.1, -0.05) is 41.9 Å². The Morgan fingerprint density at radius 3 is 2.82 bits per heavy atom. The summed E-state index contributed by atoms with van der Waals surface area (Å²) in [5.41, 5.74) is 2.38. The van der Waals surface area contributed by atoms with Crippen molar-refractivity contribution in [2.75, 3.05) is 25.2 Å². The van der Waals surface area contributed by atoms with Gasteiger partial charge in [0.2, 0.25) is 0 Å². The van der Waals surface area contributed by atoms with E-state index in [0.717, 1.165) is 18.8 Å². The molecule has 22 heavy (non-hydrogen) atoms. The van der Waals surface area contributed by atoms with E-state index in [4.69, 9.17) is 21.1 Å². The second-order valence-corrected chi connectivity index (χ2v) is 5.49. The predicted molar refractivity (Wildman–Crippen MR) is 85.8 cm³/mol. The number of halogens is 1. The highest BCUT2D eigenvalue weighted by molar-refractivity contribution is 6.31. The van der Waals surface area contributed by atoms with Crippen molar-refractivity contribution in [2.24, 2.45) is 0 Å². The molecule has 1 aliphatic rings. The molecule has 0 amide bonds. The Bertz CT molecular complexity index is 688. The van der Waals surface area contributed by atoms with Gasteiger partial charge in [0.1, 0.15) is 12.2 Å². The van der Waals surface area contributed by atoms with Crippen molar-refractivity contribution in [2.45, 2.75) is 6.54 Å². The molecule has 0 fully saturated rings. The van der Waals surface area contributed by atoms with Crippen molar-refractivity contribution in [3.05, 3.63) is 58.6 Å². The van der Waals surface area contributed by atoms with E-state index in [2.05, 4.69) is 17.0 Å². The Kier molecular flexibility index (Phi) is 4.20. The number of benzene rings is 2. The molecule has 0 atom stereocenters. The SMILES string of the molecule is COC(=O)c1cc(Cl)cc2c1OCCN2Cc1ccccc1. The number of hydrogen-bond donors (Lipinski definition) is 0. The van der Waals surface area contributed by atoms with E-state index in [1.165, 1.54) is 12.7 Å². The van der Waals surface area contributed by atoms with Gasteiger partial charge in [-0.2, -0.15) is 0 Å². The minimum atomic E-state index is -0.444. The second-order valence-electron chi connectivity index (χ2n) is 5.05. The molecule has 1 heterocycles. The molecule has 0 spiro atoms. The Labute approximate surface area is 134 Å². The zero-order valence-electron chi connectivity index (χ0n) is 12.2. The number of ether oxygens (including phenoxy) is 2. The molecule has 0 saturated heterocycles. The van der Waals surface area contributed by atoms with E-state index in [1.54, 1.807) is 6.07 Å². The van der Waals surface area contributed by atoms with Gasteiger partial charge in [0.15, 0.2) is 5.75 Å². The molecule has 2 aromatic carbocycles. The van der Waals surface area contributed by atoms with E-state index >= 15 is 0 Å². The van der Waals surface area contributed by atoms with Gasteiger partial charge in [0, 0.05) is 11.6 Å². The first kappa shape index (κ1) is 14.7. The number of carbonyl (C=O) groups is 1. The lowest BCUT2D eigenvalue weighted by Crippen LogP contribution is -2.33. The summed E-state index contributed by atoms with van der Waals surface area (Å²) >= 11 is 6.16. The van der Waals surface area contributed by atoms with Gasteiger partial charge < -0.3 is 14.4 Å². The number of hydrogen-bond acceptors (Lipinski definition) is 4. The topological polar surface area (TPSA) is 38.8 Å². The van der Waals surface area contributed by atoms with Crippen LogP contribution in [-0.2, 0) is 11.3 Å². The highest BCUT2D eigenvalue weighted by Crippen LogP contribution is 2.38. The smallest absolute Gasteiger partial charge is 0.341 e. The summed E-state index contributed by atoms with van der Waals surface area (Å²) < 4.78 is 10.5. The van der Waals surface area contributed by atoms with Crippen LogP contribution in [0.1, 0.15) is 15.9 Å². The molecule has 0 bridgehead atoms. The maximum atomic E-state index is 11.9. The van der Waals surface area contributed by atoms with Gasteiger partial charge >= 0.3 is 5.97 Å². The minimum Gasteiger partial charge on any atom is -0.489 e. The van der Waals surface area contributed by atoms with E-state index in [-0.39, 0.29) is 0 Å². The minimum absolute atomic E-state index is 0.364. The third kappa shape index (κ3) is 2.88. The fourth-order valence-corrected chi connectivity index (χ4v) is 2.79. The van der Waals surface area contributed by atoms with Crippen molar-refractivity contribution in [1.29, 1.82) is 0 Å². The predicted octanol–water partition coefficient (Wildman–Crippen LogP) is 3.53. The van der Waals surface area contributed by atoms with Gasteiger partial charge in [0.05, 0.1) is 19.3 Å². The van der Waals surface area contributed by atoms with Crippen LogP contribution in [0, 0.1) is 0 Å². The van der Waals surface area contributed by atoms with Crippen LogP contribution in [0.25, 0.3) is 0 Å². The summed E-state index contributed by atoms with van der Waals surface area (Å²) in [5.74, 6) is 0.0961. The first-order valence-electron chi connectivity index (χ1n) is 7.02. The molecule has 3 rings (SSSR count). The Morgan fingerprint density at radius 1 is 1.32 bits per heavy atom. The van der Waals surface area contributed by atoms with Crippen molar-refractivity contribution in [3.8, 4) is 5.75 Å². The largest absolute Gasteiger partial charge is 0.489 e. The molecule has 5 heteroatoms. The summed E-state index contributed by atoms with van der Waals surface area (Å²) in [6, 6.07) is 13.6. The number of nitrogens with zero attached hydrogens (tertiary/aromatic N) is 1. The highest BCUT2D eigenvalue weighted by atomic mass is 35.5. The molecule has 2 aromatic rings. The van der Waals surface area contributed by atoms with Crippen molar-refractivity contribution in [3.63, 3.8) is 0 Å². The van der Waals surface area contributed by atoms with Crippen LogP contribution in [0.5, 0.6) is 5.75 Å². The molecule has 0 saturated carbocycles. The maximum Gasteiger partial charge on any atom is 0.341 e. The molecule has 114 valence electrons. The Morgan fingerprint density at radius 2 is 2.09 bits per heavy atom. The average Bonchev–Trinajstić information content (AvgIpc) is 2.55. The molecule has 0 N–H and O–H groups in total. The summed E-state index contributed by atoms with van der Waals surface area (Å²) in [4.78, 5) is 14.1. The van der Waals surface area contributed by atoms with Gasteiger partial charge in [-0.05, 0) is 17.7 Å². The first-order valence-corrected chi connectivity index (χ1v) is 7.40. The van der Waals surface area contributed by atoms with E-state index in [1.807, 2.05) is 24.3 Å². The zero-order chi connectivity index (χ0) is 15.5. The molecule has 0 aromatic heterocycles. The van der Waals surface area contributed by atoms with Gasteiger partial charge in [-0.15, -0.1) is 0 Å².